The van der Waals surface area contributed by atoms with Crippen molar-refractivity contribution in [2.24, 2.45) is 0 Å². The maximum atomic E-state index is 13.1. The number of H-pyrrole nitrogens is 1. The Morgan fingerprint density at radius 2 is 1.80 bits per heavy atom. The molecule has 0 aliphatic rings. The zero-order chi connectivity index (χ0) is 22.7. The fourth-order valence-corrected chi connectivity index (χ4v) is 3.06. The lowest BCUT2D eigenvalue weighted by atomic mass is 9.91. The van der Waals surface area contributed by atoms with Crippen molar-refractivity contribution in [1.82, 2.24) is 15.6 Å². The third kappa shape index (κ3) is 5.73. The van der Waals surface area contributed by atoms with E-state index in [1.54, 1.807) is 27.0 Å². The van der Waals surface area contributed by atoms with E-state index in [4.69, 9.17) is 4.74 Å². The van der Waals surface area contributed by atoms with Gasteiger partial charge in [0, 0.05) is 23.5 Å². The van der Waals surface area contributed by atoms with E-state index >= 15 is 0 Å². The smallest absolute Gasteiger partial charge is 0.408 e. The molecule has 1 aromatic carbocycles. The first-order valence-electron chi connectivity index (χ1n) is 9.60. The molecule has 2 aromatic rings. The number of hydrogen-bond donors (Lipinski definition) is 5. The van der Waals surface area contributed by atoms with Crippen LogP contribution in [-0.2, 0) is 20.7 Å². The predicted molar refractivity (Wildman–Crippen MR) is 111 cm³/mol. The van der Waals surface area contributed by atoms with Gasteiger partial charge in [-0.1, -0.05) is 18.2 Å². The Hall–Kier alpha value is -3.07. The number of aliphatic carboxylic acids is 1. The van der Waals surface area contributed by atoms with Gasteiger partial charge in [-0.15, -0.1) is 0 Å². The van der Waals surface area contributed by atoms with Crippen molar-refractivity contribution in [1.29, 1.82) is 0 Å². The summed E-state index contributed by atoms with van der Waals surface area (Å²) in [5, 5.41) is 24.8. The second kappa shape index (κ2) is 8.74. The number of carboxylic acids is 1. The molecule has 0 saturated heterocycles. The molecule has 1 heterocycles. The summed E-state index contributed by atoms with van der Waals surface area (Å²) in [6, 6.07) is 5.95. The fourth-order valence-electron chi connectivity index (χ4n) is 3.06. The molecule has 5 N–H and O–H groups in total. The second-order valence-corrected chi connectivity index (χ2v) is 8.53. The van der Waals surface area contributed by atoms with Crippen molar-refractivity contribution in [3.05, 3.63) is 36.0 Å². The minimum atomic E-state index is -1.55. The standard InChI is InChI=1S/C21H29N3O6/c1-12(25)16(17(26)27)23-18(28)21(5,24-19(29)30-20(2,3)4)10-13-11-22-15-9-7-6-8-14(13)15/h6-9,11-12,16,22,25H,10H2,1-5H3,(H,23,28)(H,24,29)(H,26,27)/t12?,16?,21-/m0/s1. The first-order valence-corrected chi connectivity index (χ1v) is 9.60. The molecule has 0 bridgehead atoms. The average molecular weight is 419 g/mol. The molecule has 0 aliphatic heterocycles. The molecule has 0 aliphatic carbocycles. The second-order valence-electron chi connectivity index (χ2n) is 8.53. The van der Waals surface area contributed by atoms with Crippen LogP contribution in [0.3, 0.4) is 0 Å². The first kappa shape index (κ1) is 23.2. The van der Waals surface area contributed by atoms with Gasteiger partial charge < -0.3 is 30.6 Å². The van der Waals surface area contributed by atoms with Crippen molar-refractivity contribution in [3.8, 4) is 0 Å². The molecule has 9 nitrogen and oxygen atoms in total. The van der Waals surface area contributed by atoms with Gasteiger partial charge in [0.2, 0.25) is 5.91 Å². The summed E-state index contributed by atoms with van der Waals surface area (Å²) in [5.74, 6) is -2.14. The summed E-state index contributed by atoms with van der Waals surface area (Å²) in [4.78, 5) is 40.0. The maximum Gasteiger partial charge on any atom is 0.408 e. The lowest BCUT2D eigenvalue weighted by Gasteiger charge is -2.32. The highest BCUT2D eigenvalue weighted by Crippen LogP contribution is 2.23. The van der Waals surface area contributed by atoms with Crippen molar-refractivity contribution in [2.45, 2.75) is 64.3 Å². The van der Waals surface area contributed by atoms with Gasteiger partial charge in [0.05, 0.1) is 6.10 Å². The number of aromatic amines is 1. The quantitative estimate of drug-likeness (QED) is 0.464. The minimum Gasteiger partial charge on any atom is -0.480 e. The summed E-state index contributed by atoms with van der Waals surface area (Å²) in [6.07, 6.45) is -0.348. The van der Waals surface area contributed by atoms with Crippen molar-refractivity contribution >= 4 is 28.9 Å². The normalized spacial score (nSPS) is 15.7. The molecule has 0 saturated carbocycles. The molecule has 2 rings (SSSR count). The van der Waals surface area contributed by atoms with Gasteiger partial charge in [-0.25, -0.2) is 9.59 Å². The van der Waals surface area contributed by atoms with E-state index in [0.717, 1.165) is 16.5 Å². The summed E-state index contributed by atoms with van der Waals surface area (Å²) >= 11 is 0. The van der Waals surface area contributed by atoms with E-state index in [1.807, 2.05) is 24.3 Å². The van der Waals surface area contributed by atoms with E-state index in [9.17, 15) is 24.6 Å². The summed E-state index contributed by atoms with van der Waals surface area (Å²) in [5.41, 5.74) is -0.718. The van der Waals surface area contributed by atoms with E-state index in [0.29, 0.717) is 0 Å². The number of nitrogens with one attached hydrogen (secondary N) is 3. The number of ether oxygens (including phenoxy) is 1. The predicted octanol–water partition coefficient (Wildman–Crippen LogP) is 1.94. The van der Waals surface area contributed by atoms with E-state index in [-0.39, 0.29) is 6.42 Å². The Bertz CT molecular complexity index is 930. The van der Waals surface area contributed by atoms with Crippen LogP contribution in [0.5, 0.6) is 0 Å². The van der Waals surface area contributed by atoms with Crippen LogP contribution in [0.2, 0.25) is 0 Å². The number of aliphatic hydroxyl groups excluding tert-OH is 1. The third-order valence-electron chi connectivity index (χ3n) is 4.53. The van der Waals surface area contributed by atoms with Crippen LogP contribution < -0.4 is 10.6 Å². The van der Waals surface area contributed by atoms with Crippen LogP contribution in [-0.4, -0.2) is 56.5 Å². The Kier molecular flexibility index (Phi) is 6.77. The minimum absolute atomic E-state index is 0.0637. The number of aliphatic hydroxyl groups is 1. The number of para-hydroxylation sites is 1. The van der Waals surface area contributed by atoms with Crippen molar-refractivity contribution in [2.75, 3.05) is 0 Å². The van der Waals surface area contributed by atoms with Crippen LogP contribution in [0.15, 0.2) is 30.5 Å². The number of benzene rings is 1. The van der Waals surface area contributed by atoms with Crippen LogP contribution in [0, 0.1) is 0 Å². The SMILES string of the molecule is CC(O)C(NC(=O)[C@](C)(Cc1c[nH]c2ccccc12)NC(=O)OC(C)(C)C)C(=O)O. The average Bonchev–Trinajstić information content (AvgIpc) is 2.99. The van der Waals surface area contributed by atoms with Crippen LogP contribution in [0.4, 0.5) is 4.79 Å². The van der Waals surface area contributed by atoms with Gasteiger partial charge in [-0.05, 0) is 46.2 Å². The number of alkyl carbamates (subject to hydrolysis) is 1. The van der Waals surface area contributed by atoms with Crippen molar-refractivity contribution < 1.29 is 29.3 Å². The van der Waals surface area contributed by atoms with Crippen LogP contribution in [0.25, 0.3) is 10.9 Å². The zero-order valence-electron chi connectivity index (χ0n) is 17.8. The van der Waals surface area contributed by atoms with Gasteiger partial charge >= 0.3 is 12.1 Å². The number of hydrogen-bond acceptors (Lipinski definition) is 5. The van der Waals surface area contributed by atoms with Crippen LogP contribution >= 0.6 is 0 Å². The molecule has 1 aromatic heterocycles. The number of amides is 2. The van der Waals surface area contributed by atoms with Crippen LogP contribution in [0.1, 0.15) is 40.2 Å². The molecule has 164 valence electrons. The lowest BCUT2D eigenvalue weighted by molar-refractivity contribution is -0.145. The summed E-state index contributed by atoms with van der Waals surface area (Å²) in [6.45, 7) is 7.82. The molecule has 2 unspecified atom stereocenters. The zero-order valence-corrected chi connectivity index (χ0v) is 17.8. The molecule has 30 heavy (non-hydrogen) atoms. The Morgan fingerprint density at radius 1 is 1.17 bits per heavy atom. The number of carbonyl (C=O) groups excluding carboxylic acids is 2. The molecular weight excluding hydrogens is 390 g/mol. The third-order valence-corrected chi connectivity index (χ3v) is 4.53. The number of carbonyl (C=O) groups is 3. The lowest BCUT2D eigenvalue weighted by Crippen LogP contribution is -2.62. The van der Waals surface area contributed by atoms with Crippen molar-refractivity contribution in [3.63, 3.8) is 0 Å². The highest BCUT2D eigenvalue weighted by Gasteiger charge is 2.40. The van der Waals surface area contributed by atoms with E-state index < -0.39 is 41.3 Å². The topological polar surface area (TPSA) is 141 Å². The Balaban J connectivity index is 2.36. The molecule has 0 spiro atoms. The molecule has 0 radical (unpaired) electrons. The molecule has 0 fully saturated rings. The highest BCUT2D eigenvalue weighted by molar-refractivity contribution is 5.94. The van der Waals surface area contributed by atoms with Gasteiger partial charge in [-0.2, -0.15) is 0 Å². The number of aromatic nitrogens is 1. The molecule has 3 atom stereocenters. The van der Waals surface area contributed by atoms with E-state index in [2.05, 4.69) is 15.6 Å². The molecular formula is C21H29N3O6. The molecule has 2 amide bonds. The molecule has 9 heteroatoms. The monoisotopic (exact) mass is 419 g/mol. The largest absolute Gasteiger partial charge is 0.480 e. The number of carboxylic acid groups (broad SMARTS) is 1. The summed E-state index contributed by atoms with van der Waals surface area (Å²) in [7, 11) is 0. The van der Waals surface area contributed by atoms with Gasteiger partial charge in [0.1, 0.15) is 11.1 Å². The Morgan fingerprint density at radius 3 is 2.37 bits per heavy atom. The first-order chi connectivity index (χ1) is 13.8. The Labute approximate surface area is 174 Å². The number of rotatable bonds is 7. The highest BCUT2D eigenvalue weighted by atomic mass is 16.6. The fraction of sp³-hybridized carbons (Fsp3) is 0.476. The van der Waals surface area contributed by atoms with Gasteiger partial charge in [0.25, 0.3) is 0 Å². The van der Waals surface area contributed by atoms with E-state index in [1.165, 1.54) is 13.8 Å². The number of fused-ring (bicyclic) bond motifs is 1. The maximum absolute atomic E-state index is 13.1. The summed E-state index contributed by atoms with van der Waals surface area (Å²) < 4.78 is 5.29. The van der Waals surface area contributed by atoms with Gasteiger partial charge in [0.15, 0.2) is 6.04 Å². The van der Waals surface area contributed by atoms with Gasteiger partial charge in [-0.3, -0.25) is 4.79 Å².